The van der Waals surface area contributed by atoms with E-state index < -0.39 is 0 Å². The van der Waals surface area contributed by atoms with Crippen LogP contribution in [0.3, 0.4) is 0 Å². The van der Waals surface area contributed by atoms with E-state index in [1.54, 1.807) is 0 Å². The van der Waals surface area contributed by atoms with E-state index >= 15 is 0 Å². The normalized spacial score (nSPS) is 12.5. The SMILES string of the molecule is Cc1cc(C(C)(C)C)ccc1N1c2cc3sc4ccccc4c3cc2[B]c2c1cc1ccccc1c2-c1ccc2ccccc2c1Nc1ccc(-c2ccccc2)cc1. The molecule has 1 aliphatic heterocycles. The molecule has 0 aliphatic carbocycles. The van der Waals surface area contributed by atoms with Crippen molar-refractivity contribution < 1.29 is 0 Å². The number of nitrogens with zero attached hydrogens (tertiary/aromatic N) is 1. The van der Waals surface area contributed by atoms with Gasteiger partial charge >= 0.3 is 0 Å². The quantitative estimate of drug-likeness (QED) is 0.175. The Labute approximate surface area is 350 Å². The first-order valence-electron chi connectivity index (χ1n) is 20.5. The highest BCUT2D eigenvalue weighted by molar-refractivity contribution is 7.25. The van der Waals surface area contributed by atoms with E-state index in [-0.39, 0.29) is 5.41 Å². The molecule has 4 heteroatoms. The minimum absolute atomic E-state index is 0.0444. The summed E-state index contributed by atoms with van der Waals surface area (Å²) < 4.78 is 2.62. The average molecular weight is 774 g/mol. The molecule has 2 heterocycles. The summed E-state index contributed by atoms with van der Waals surface area (Å²) in [6, 6.07) is 64.9. The maximum atomic E-state index is 3.97. The van der Waals surface area contributed by atoms with Crippen molar-refractivity contribution in [2.24, 2.45) is 0 Å². The molecule has 281 valence electrons. The van der Waals surface area contributed by atoms with Crippen LogP contribution >= 0.6 is 11.3 Å². The molecular formula is C55H42BN2S. The Morgan fingerprint density at radius 1 is 0.525 bits per heavy atom. The summed E-state index contributed by atoms with van der Waals surface area (Å²) in [4.78, 5) is 2.54. The Morgan fingerprint density at radius 2 is 1.22 bits per heavy atom. The van der Waals surface area contributed by atoms with Gasteiger partial charge in [0.05, 0.1) is 5.69 Å². The van der Waals surface area contributed by atoms with Crippen molar-refractivity contribution in [3.8, 4) is 22.3 Å². The van der Waals surface area contributed by atoms with E-state index in [0.717, 1.165) is 11.4 Å². The molecule has 1 aromatic heterocycles. The van der Waals surface area contributed by atoms with E-state index in [9.17, 15) is 0 Å². The summed E-state index contributed by atoms with van der Waals surface area (Å²) in [7, 11) is 2.46. The summed E-state index contributed by atoms with van der Waals surface area (Å²) in [5.74, 6) is 0. The number of hydrogen-bond acceptors (Lipinski definition) is 3. The number of hydrogen-bond donors (Lipinski definition) is 1. The van der Waals surface area contributed by atoms with Crippen molar-refractivity contribution in [2.75, 3.05) is 10.2 Å². The minimum Gasteiger partial charge on any atom is -0.355 e. The first-order valence-corrected chi connectivity index (χ1v) is 21.3. The van der Waals surface area contributed by atoms with Crippen LogP contribution in [0.2, 0.25) is 0 Å². The molecule has 1 aliphatic rings. The van der Waals surface area contributed by atoms with Gasteiger partial charge in [-0.1, -0.05) is 166 Å². The van der Waals surface area contributed by atoms with Crippen LogP contribution in [0.1, 0.15) is 31.9 Å². The van der Waals surface area contributed by atoms with Gasteiger partial charge in [-0.05, 0) is 104 Å². The first-order chi connectivity index (χ1) is 28.8. The zero-order chi connectivity index (χ0) is 39.8. The van der Waals surface area contributed by atoms with E-state index in [1.165, 1.54) is 103 Å². The number of fused-ring (bicyclic) bond motifs is 7. The fourth-order valence-corrected chi connectivity index (χ4v) is 10.2. The number of aryl methyl sites for hydroxylation is 1. The molecule has 0 amide bonds. The molecule has 9 aromatic carbocycles. The number of benzene rings is 9. The van der Waals surface area contributed by atoms with Gasteiger partial charge in [-0.15, -0.1) is 11.3 Å². The van der Waals surface area contributed by atoms with E-state index in [4.69, 9.17) is 0 Å². The van der Waals surface area contributed by atoms with Crippen LogP contribution in [0.4, 0.5) is 28.4 Å². The molecule has 0 saturated heterocycles. The lowest BCUT2D eigenvalue weighted by Gasteiger charge is -2.37. The molecule has 1 radical (unpaired) electrons. The van der Waals surface area contributed by atoms with Crippen molar-refractivity contribution >= 4 is 99.7 Å². The van der Waals surface area contributed by atoms with Gasteiger partial charge in [-0.2, -0.15) is 0 Å². The lowest BCUT2D eigenvalue weighted by molar-refractivity contribution is 0.590. The van der Waals surface area contributed by atoms with E-state index in [1.807, 2.05) is 11.3 Å². The summed E-state index contributed by atoms with van der Waals surface area (Å²) in [5.41, 5.74) is 15.6. The maximum Gasteiger partial charge on any atom is 0.197 e. The topological polar surface area (TPSA) is 15.3 Å². The Kier molecular flexibility index (Phi) is 8.29. The minimum atomic E-state index is 0.0444. The largest absolute Gasteiger partial charge is 0.355 e. The van der Waals surface area contributed by atoms with Gasteiger partial charge in [0.25, 0.3) is 0 Å². The molecule has 0 atom stereocenters. The predicted octanol–water partition coefficient (Wildman–Crippen LogP) is 14.5. The smallest absolute Gasteiger partial charge is 0.197 e. The lowest BCUT2D eigenvalue weighted by atomic mass is 9.57. The maximum absolute atomic E-state index is 3.97. The molecule has 0 unspecified atom stereocenters. The van der Waals surface area contributed by atoms with Gasteiger partial charge in [0.15, 0.2) is 7.28 Å². The number of rotatable bonds is 5. The fourth-order valence-electron chi connectivity index (χ4n) is 9.11. The van der Waals surface area contributed by atoms with Gasteiger partial charge < -0.3 is 10.2 Å². The molecule has 11 rings (SSSR count). The molecule has 0 saturated carbocycles. The van der Waals surface area contributed by atoms with Gasteiger partial charge in [-0.25, -0.2) is 0 Å². The summed E-state index contributed by atoms with van der Waals surface area (Å²) in [5, 5.41) is 11.4. The highest BCUT2D eigenvalue weighted by atomic mass is 32.1. The second-order valence-corrected chi connectivity index (χ2v) is 18.0. The highest BCUT2D eigenvalue weighted by Crippen LogP contribution is 2.47. The summed E-state index contributed by atoms with van der Waals surface area (Å²) >= 11 is 1.88. The van der Waals surface area contributed by atoms with Gasteiger partial charge in [0.2, 0.25) is 0 Å². The molecule has 1 N–H and O–H groups in total. The van der Waals surface area contributed by atoms with Crippen molar-refractivity contribution in [1.29, 1.82) is 0 Å². The van der Waals surface area contributed by atoms with Crippen LogP contribution in [0.5, 0.6) is 0 Å². The molecule has 2 nitrogen and oxygen atoms in total. The van der Waals surface area contributed by atoms with Crippen LogP contribution in [-0.2, 0) is 5.41 Å². The molecule has 10 aromatic rings. The van der Waals surface area contributed by atoms with Crippen molar-refractivity contribution in [2.45, 2.75) is 33.1 Å². The van der Waals surface area contributed by atoms with Crippen LogP contribution in [-0.4, -0.2) is 7.28 Å². The standard InChI is InChI=1S/C55H42BN2S/c1-34-30-39(55(2,3)4)25-29-47(34)58-48-33-51-45(43-20-12-13-21-50(43)59-51)32-46(48)56-53-49(58)31-38-17-9-10-18-41(38)52(53)44-28-24-37-16-8-11-19-42(37)54(44)57-40-26-22-36(23-27-40)35-14-6-5-7-15-35/h5-33,57H,1-4H3. The second-order valence-electron chi connectivity index (χ2n) is 16.9. The fraction of sp³-hybridized carbons (Fsp3) is 0.0909. The van der Waals surface area contributed by atoms with E-state index in [0.29, 0.717) is 0 Å². The molecule has 59 heavy (non-hydrogen) atoms. The molecular weight excluding hydrogens is 731 g/mol. The van der Waals surface area contributed by atoms with Crippen LogP contribution in [0, 0.1) is 6.92 Å². The molecule has 0 fully saturated rings. The Balaban J connectivity index is 1.17. The third-order valence-electron chi connectivity index (χ3n) is 12.1. The predicted molar refractivity (Wildman–Crippen MR) is 258 cm³/mol. The van der Waals surface area contributed by atoms with E-state index in [2.05, 4.69) is 221 Å². The Bertz CT molecular complexity index is 3270. The summed E-state index contributed by atoms with van der Waals surface area (Å²) in [6.45, 7) is 9.17. The number of nitrogens with one attached hydrogen (secondary N) is 1. The zero-order valence-corrected chi connectivity index (χ0v) is 34.5. The zero-order valence-electron chi connectivity index (χ0n) is 33.7. The third-order valence-corrected chi connectivity index (χ3v) is 13.3. The number of thiophene rings is 1. The van der Waals surface area contributed by atoms with Crippen molar-refractivity contribution in [3.05, 3.63) is 187 Å². The lowest BCUT2D eigenvalue weighted by Crippen LogP contribution is -2.41. The number of anilines is 5. The highest BCUT2D eigenvalue weighted by Gasteiger charge is 2.31. The van der Waals surface area contributed by atoms with Crippen molar-refractivity contribution in [1.82, 2.24) is 0 Å². The second kappa shape index (κ2) is 13.8. The molecule has 0 bridgehead atoms. The van der Waals surface area contributed by atoms with Crippen molar-refractivity contribution in [3.63, 3.8) is 0 Å². The van der Waals surface area contributed by atoms with Crippen LogP contribution in [0.15, 0.2) is 176 Å². The Morgan fingerprint density at radius 3 is 2.00 bits per heavy atom. The molecule has 0 spiro atoms. The van der Waals surface area contributed by atoms with Crippen LogP contribution < -0.4 is 21.1 Å². The van der Waals surface area contributed by atoms with Gasteiger partial charge in [0, 0.05) is 48.5 Å². The van der Waals surface area contributed by atoms with Gasteiger partial charge in [-0.3, -0.25) is 0 Å². The third kappa shape index (κ3) is 6.01. The summed E-state index contributed by atoms with van der Waals surface area (Å²) in [6.07, 6.45) is 0. The van der Waals surface area contributed by atoms with Crippen LogP contribution in [0.25, 0.3) is 64.0 Å². The Hall–Kier alpha value is -6.62. The monoisotopic (exact) mass is 773 g/mol. The van der Waals surface area contributed by atoms with Gasteiger partial charge in [0.1, 0.15) is 0 Å². The average Bonchev–Trinajstić information content (AvgIpc) is 3.62. The first kappa shape index (κ1) is 35.5.